The first-order valence-corrected chi connectivity index (χ1v) is 23.7. The highest BCUT2D eigenvalue weighted by Gasteiger charge is 2.23. The van der Waals surface area contributed by atoms with Gasteiger partial charge in [0.05, 0.1) is 6.61 Å². The van der Waals surface area contributed by atoms with Crippen molar-refractivity contribution in [3.05, 3.63) is 0 Å². The number of nitrogens with zero attached hydrogens (tertiary/aromatic N) is 2. The number of ether oxygens (including phenoxy) is 1. The van der Waals surface area contributed by atoms with Gasteiger partial charge in [0.1, 0.15) is 0 Å². The molecule has 0 aromatic rings. The van der Waals surface area contributed by atoms with Gasteiger partial charge in [-0.25, -0.2) is 0 Å². The molecule has 2 unspecified atom stereocenters. The Morgan fingerprint density at radius 2 is 0.962 bits per heavy atom. The van der Waals surface area contributed by atoms with Crippen molar-refractivity contribution in [1.29, 1.82) is 0 Å². The van der Waals surface area contributed by atoms with Gasteiger partial charge < -0.3 is 14.5 Å². The van der Waals surface area contributed by atoms with Crippen LogP contribution < -0.4 is 0 Å². The Hall–Kier alpha value is -1.10. The minimum Gasteiger partial charge on any atom is -0.465 e. The molecule has 1 fully saturated rings. The number of hydrogen-bond acceptors (Lipinski definition) is 4. The number of unbranched alkanes of at least 4 members (excludes halogenated alkanes) is 20. The predicted molar refractivity (Wildman–Crippen MR) is 226 cm³/mol. The van der Waals surface area contributed by atoms with E-state index in [0.717, 1.165) is 51.6 Å². The minimum absolute atomic E-state index is 0.0127. The van der Waals surface area contributed by atoms with Crippen LogP contribution in [0.15, 0.2) is 0 Å². The zero-order valence-electron chi connectivity index (χ0n) is 35.9. The maximum absolute atomic E-state index is 13.8. The van der Waals surface area contributed by atoms with Crippen LogP contribution in [0.3, 0.4) is 0 Å². The number of rotatable bonds is 39. The first-order valence-electron chi connectivity index (χ1n) is 23.7. The quantitative estimate of drug-likeness (QED) is 0.0466. The van der Waals surface area contributed by atoms with Gasteiger partial charge >= 0.3 is 5.97 Å². The lowest BCUT2D eigenvalue weighted by molar-refractivity contribution is -0.145. The van der Waals surface area contributed by atoms with Crippen molar-refractivity contribution in [2.75, 3.05) is 32.8 Å². The summed E-state index contributed by atoms with van der Waals surface area (Å²) in [6, 6.07) is 0.407. The molecule has 1 heterocycles. The SMILES string of the molecule is CCCCCCCCCC(CCCCCCCCC(=O)OCC(CCCC)CCCCCC)N(CCCN1CCCC1)C(=O)CCCCCCCC. The van der Waals surface area contributed by atoms with Crippen LogP contribution >= 0.6 is 0 Å². The Bertz CT molecular complexity index is 783. The summed E-state index contributed by atoms with van der Waals surface area (Å²) in [4.78, 5) is 31.4. The molecule has 5 heteroatoms. The molecule has 1 aliphatic heterocycles. The van der Waals surface area contributed by atoms with Crippen molar-refractivity contribution >= 4 is 11.9 Å². The van der Waals surface area contributed by atoms with E-state index in [1.54, 1.807) is 0 Å². The van der Waals surface area contributed by atoms with E-state index in [0.29, 0.717) is 30.9 Å². The van der Waals surface area contributed by atoms with E-state index in [2.05, 4.69) is 37.5 Å². The average molecular weight is 733 g/mol. The smallest absolute Gasteiger partial charge is 0.305 e. The Morgan fingerprint density at radius 3 is 1.52 bits per heavy atom. The topological polar surface area (TPSA) is 49.9 Å². The zero-order valence-corrected chi connectivity index (χ0v) is 35.9. The van der Waals surface area contributed by atoms with Gasteiger partial charge in [-0.2, -0.15) is 0 Å². The molecule has 0 bridgehead atoms. The fourth-order valence-corrected chi connectivity index (χ4v) is 8.28. The van der Waals surface area contributed by atoms with E-state index < -0.39 is 0 Å². The van der Waals surface area contributed by atoms with Crippen LogP contribution in [-0.2, 0) is 14.3 Å². The summed E-state index contributed by atoms with van der Waals surface area (Å²) in [7, 11) is 0. The number of hydrogen-bond donors (Lipinski definition) is 0. The Morgan fingerprint density at radius 1 is 0.519 bits per heavy atom. The first kappa shape index (κ1) is 48.9. The van der Waals surface area contributed by atoms with Gasteiger partial charge in [0.25, 0.3) is 0 Å². The summed E-state index contributed by atoms with van der Waals surface area (Å²) < 4.78 is 5.77. The van der Waals surface area contributed by atoms with Crippen molar-refractivity contribution in [2.24, 2.45) is 5.92 Å². The summed E-state index contributed by atoms with van der Waals surface area (Å²) in [6.45, 7) is 14.3. The van der Waals surface area contributed by atoms with Crippen molar-refractivity contribution in [3.8, 4) is 0 Å². The average Bonchev–Trinajstić information content (AvgIpc) is 3.67. The van der Waals surface area contributed by atoms with Gasteiger partial charge in [-0.3, -0.25) is 9.59 Å². The van der Waals surface area contributed by atoms with E-state index >= 15 is 0 Å². The highest BCUT2D eigenvalue weighted by atomic mass is 16.5. The van der Waals surface area contributed by atoms with Crippen LogP contribution in [0.25, 0.3) is 0 Å². The number of likely N-dealkylation sites (tertiary alicyclic amines) is 1. The largest absolute Gasteiger partial charge is 0.465 e. The Balaban J connectivity index is 2.54. The van der Waals surface area contributed by atoms with Gasteiger partial charge in [-0.15, -0.1) is 0 Å². The Labute approximate surface area is 325 Å². The van der Waals surface area contributed by atoms with E-state index in [1.807, 2.05) is 0 Å². The molecule has 2 atom stereocenters. The normalized spacial score (nSPS) is 14.5. The van der Waals surface area contributed by atoms with E-state index in [-0.39, 0.29) is 5.97 Å². The molecular formula is C47H92N2O3. The van der Waals surface area contributed by atoms with Gasteiger partial charge in [-0.1, -0.05) is 175 Å². The molecule has 0 N–H and O–H groups in total. The highest BCUT2D eigenvalue weighted by Crippen LogP contribution is 2.23. The summed E-state index contributed by atoms with van der Waals surface area (Å²) in [5.41, 5.74) is 0. The minimum atomic E-state index is 0.0127. The molecule has 0 radical (unpaired) electrons. The number of carbonyl (C=O) groups excluding carboxylic acids is 2. The maximum Gasteiger partial charge on any atom is 0.305 e. The lowest BCUT2D eigenvalue weighted by Crippen LogP contribution is -2.42. The fraction of sp³-hybridized carbons (Fsp3) is 0.957. The first-order chi connectivity index (χ1) is 25.5. The third-order valence-corrected chi connectivity index (χ3v) is 11.8. The summed E-state index contributed by atoms with van der Waals surface area (Å²) in [5.74, 6) is 0.992. The molecule has 52 heavy (non-hydrogen) atoms. The van der Waals surface area contributed by atoms with Crippen LogP contribution in [-0.4, -0.2) is 60.5 Å². The lowest BCUT2D eigenvalue weighted by Gasteiger charge is -2.33. The molecule has 0 aliphatic carbocycles. The van der Waals surface area contributed by atoms with Crippen LogP contribution in [0.4, 0.5) is 0 Å². The highest BCUT2D eigenvalue weighted by molar-refractivity contribution is 5.76. The molecule has 1 rings (SSSR count). The Kier molecular flexibility index (Phi) is 34.7. The van der Waals surface area contributed by atoms with E-state index in [1.165, 1.54) is 186 Å². The number of carbonyl (C=O) groups is 2. The third-order valence-electron chi connectivity index (χ3n) is 11.8. The molecule has 0 saturated carbocycles. The summed E-state index contributed by atoms with van der Waals surface area (Å²) in [6.07, 6.45) is 41.2. The third kappa shape index (κ3) is 28.4. The fourth-order valence-electron chi connectivity index (χ4n) is 8.28. The van der Waals surface area contributed by atoms with E-state index in [9.17, 15) is 9.59 Å². The second-order valence-corrected chi connectivity index (χ2v) is 16.8. The van der Waals surface area contributed by atoms with Crippen LogP contribution in [0, 0.1) is 5.92 Å². The molecule has 0 aromatic carbocycles. The zero-order chi connectivity index (χ0) is 37.7. The molecule has 0 spiro atoms. The molecule has 0 aromatic heterocycles. The van der Waals surface area contributed by atoms with Crippen LogP contribution in [0.1, 0.15) is 246 Å². The van der Waals surface area contributed by atoms with Gasteiger partial charge in [0.2, 0.25) is 5.91 Å². The molecule has 1 amide bonds. The van der Waals surface area contributed by atoms with Gasteiger partial charge in [0.15, 0.2) is 0 Å². The number of amides is 1. The predicted octanol–water partition coefficient (Wildman–Crippen LogP) is 14.0. The second-order valence-electron chi connectivity index (χ2n) is 16.8. The molecule has 308 valence electrons. The molecular weight excluding hydrogens is 641 g/mol. The second kappa shape index (κ2) is 36.9. The van der Waals surface area contributed by atoms with Gasteiger partial charge in [-0.05, 0) is 83.3 Å². The summed E-state index contributed by atoms with van der Waals surface area (Å²) >= 11 is 0. The number of esters is 1. The van der Waals surface area contributed by atoms with Crippen LogP contribution in [0.2, 0.25) is 0 Å². The lowest BCUT2D eigenvalue weighted by atomic mass is 9.96. The monoisotopic (exact) mass is 733 g/mol. The van der Waals surface area contributed by atoms with Crippen LogP contribution in [0.5, 0.6) is 0 Å². The maximum atomic E-state index is 13.8. The van der Waals surface area contributed by atoms with Crippen molar-refractivity contribution in [2.45, 2.75) is 252 Å². The van der Waals surface area contributed by atoms with Crippen molar-refractivity contribution in [1.82, 2.24) is 9.80 Å². The molecule has 1 aliphatic rings. The molecule has 5 nitrogen and oxygen atoms in total. The standard InChI is InChI=1S/C47H92N2O3/c1-5-9-13-16-18-21-26-35-45(49(42-32-41-48-39-30-31-40-48)46(50)37-28-23-17-14-10-6-2)36-27-22-19-20-24-29-38-47(51)52-43-44(33-12-8-4)34-25-15-11-7-3/h44-45H,5-43H2,1-4H3. The van der Waals surface area contributed by atoms with E-state index in [4.69, 9.17) is 4.74 Å². The summed E-state index contributed by atoms with van der Waals surface area (Å²) in [5, 5.41) is 0. The van der Waals surface area contributed by atoms with Crippen molar-refractivity contribution in [3.63, 3.8) is 0 Å². The van der Waals surface area contributed by atoms with Gasteiger partial charge in [0, 0.05) is 25.4 Å². The molecule has 1 saturated heterocycles. The van der Waals surface area contributed by atoms with Crippen molar-refractivity contribution < 1.29 is 14.3 Å².